The maximum absolute atomic E-state index is 6.01. The minimum atomic E-state index is 0.357. The van der Waals surface area contributed by atoms with Crippen LogP contribution in [0.2, 0.25) is 10.0 Å². The number of benzene rings is 1. The van der Waals surface area contributed by atoms with Crippen LogP contribution in [0.15, 0.2) is 22.6 Å². The molecule has 0 aliphatic rings. The van der Waals surface area contributed by atoms with Crippen molar-refractivity contribution in [1.82, 2.24) is 10.2 Å². The average molecular weight is 258 g/mol. The highest BCUT2D eigenvalue weighted by Crippen LogP contribution is 2.29. The molecule has 2 N–H and O–H groups in total. The van der Waals surface area contributed by atoms with Gasteiger partial charge in [0.25, 0.3) is 0 Å². The monoisotopic (exact) mass is 257 g/mol. The molecule has 0 amide bonds. The summed E-state index contributed by atoms with van der Waals surface area (Å²) in [5.41, 5.74) is 6.02. The van der Waals surface area contributed by atoms with Crippen molar-refractivity contribution in [2.24, 2.45) is 5.73 Å². The molecule has 0 radical (unpaired) electrons. The van der Waals surface area contributed by atoms with E-state index in [1.165, 1.54) is 0 Å². The molecule has 0 fully saturated rings. The molecule has 84 valence electrons. The molecule has 1 aromatic carbocycles. The molecule has 0 aliphatic carbocycles. The van der Waals surface area contributed by atoms with Crippen LogP contribution in [-0.4, -0.2) is 16.7 Å². The first kappa shape index (κ1) is 11.4. The van der Waals surface area contributed by atoms with Gasteiger partial charge in [-0.05, 0) is 18.2 Å². The van der Waals surface area contributed by atoms with Crippen molar-refractivity contribution in [3.05, 3.63) is 34.1 Å². The van der Waals surface area contributed by atoms with Crippen molar-refractivity contribution in [2.45, 2.75) is 6.42 Å². The van der Waals surface area contributed by atoms with E-state index in [9.17, 15) is 0 Å². The highest BCUT2D eigenvalue weighted by Gasteiger charge is 2.11. The van der Waals surface area contributed by atoms with Crippen LogP contribution in [0.4, 0.5) is 0 Å². The molecule has 0 bridgehead atoms. The van der Waals surface area contributed by atoms with Gasteiger partial charge in [-0.1, -0.05) is 23.2 Å². The molecule has 0 spiro atoms. The second kappa shape index (κ2) is 4.82. The third kappa shape index (κ3) is 2.35. The zero-order chi connectivity index (χ0) is 11.5. The van der Waals surface area contributed by atoms with E-state index in [0.29, 0.717) is 40.4 Å². The molecule has 1 aromatic heterocycles. The Kier molecular flexibility index (Phi) is 3.43. The predicted octanol–water partition coefficient (Wildman–Crippen LogP) is 2.54. The summed E-state index contributed by atoms with van der Waals surface area (Å²) >= 11 is 11.9. The second-order valence-electron chi connectivity index (χ2n) is 3.16. The zero-order valence-corrected chi connectivity index (χ0v) is 9.79. The van der Waals surface area contributed by atoms with Gasteiger partial charge in [0.1, 0.15) is 0 Å². The number of nitrogens with zero attached hydrogens (tertiary/aromatic N) is 2. The van der Waals surface area contributed by atoms with Gasteiger partial charge in [-0.25, -0.2) is 0 Å². The van der Waals surface area contributed by atoms with Gasteiger partial charge in [0.2, 0.25) is 11.8 Å². The molecule has 0 saturated carbocycles. The number of nitrogens with two attached hydrogens (primary N) is 1. The summed E-state index contributed by atoms with van der Waals surface area (Å²) in [4.78, 5) is 0. The summed E-state index contributed by atoms with van der Waals surface area (Å²) < 4.78 is 5.40. The molecule has 0 aliphatic heterocycles. The smallest absolute Gasteiger partial charge is 0.249 e. The van der Waals surface area contributed by atoms with E-state index in [0.717, 1.165) is 0 Å². The summed E-state index contributed by atoms with van der Waals surface area (Å²) in [5.74, 6) is 0.851. The predicted molar refractivity (Wildman–Crippen MR) is 62.5 cm³/mol. The molecule has 4 nitrogen and oxygen atoms in total. The maximum atomic E-state index is 6.01. The molecule has 2 rings (SSSR count). The zero-order valence-electron chi connectivity index (χ0n) is 8.28. The van der Waals surface area contributed by atoms with Gasteiger partial charge in [0.05, 0.1) is 10.6 Å². The first-order valence-electron chi connectivity index (χ1n) is 4.68. The fourth-order valence-electron chi connectivity index (χ4n) is 1.25. The highest BCUT2D eigenvalue weighted by molar-refractivity contribution is 6.35. The summed E-state index contributed by atoms with van der Waals surface area (Å²) in [7, 11) is 0. The van der Waals surface area contributed by atoms with Crippen LogP contribution < -0.4 is 5.73 Å². The minimum Gasteiger partial charge on any atom is -0.421 e. The Bertz CT molecular complexity index is 499. The van der Waals surface area contributed by atoms with Crippen molar-refractivity contribution in [2.75, 3.05) is 6.54 Å². The van der Waals surface area contributed by atoms with Crippen molar-refractivity contribution < 1.29 is 4.42 Å². The van der Waals surface area contributed by atoms with Crippen LogP contribution in [0, 0.1) is 0 Å². The molecule has 6 heteroatoms. The van der Waals surface area contributed by atoms with E-state index in [4.69, 9.17) is 33.4 Å². The first-order chi connectivity index (χ1) is 7.70. The van der Waals surface area contributed by atoms with Crippen LogP contribution in [0.1, 0.15) is 5.89 Å². The van der Waals surface area contributed by atoms with E-state index >= 15 is 0 Å². The SMILES string of the molecule is NCCc1nnc(-c2cc(Cl)ccc2Cl)o1. The molecule has 2 aromatic rings. The fourth-order valence-corrected chi connectivity index (χ4v) is 1.62. The molecule has 0 saturated heterocycles. The number of hydrogen-bond donors (Lipinski definition) is 1. The van der Waals surface area contributed by atoms with E-state index < -0.39 is 0 Å². The molecule has 0 unspecified atom stereocenters. The van der Waals surface area contributed by atoms with E-state index in [1.807, 2.05) is 0 Å². The number of rotatable bonds is 3. The summed E-state index contributed by atoms with van der Waals surface area (Å²) in [6.07, 6.45) is 0.547. The number of aromatic nitrogens is 2. The fraction of sp³-hybridized carbons (Fsp3) is 0.200. The lowest BCUT2D eigenvalue weighted by Crippen LogP contribution is -2.02. The average Bonchev–Trinajstić information content (AvgIpc) is 2.71. The maximum Gasteiger partial charge on any atom is 0.249 e. The summed E-state index contributed by atoms with van der Waals surface area (Å²) in [6, 6.07) is 5.07. The van der Waals surface area contributed by atoms with Gasteiger partial charge in [-0.15, -0.1) is 10.2 Å². The third-order valence-electron chi connectivity index (χ3n) is 1.98. The molecule has 1 heterocycles. The van der Waals surface area contributed by atoms with Gasteiger partial charge in [0, 0.05) is 18.0 Å². The molecule has 16 heavy (non-hydrogen) atoms. The molecule has 0 atom stereocenters. The van der Waals surface area contributed by atoms with Gasteiger partial charge in [0.15, 0.2) is 0 Å². The van der Waals surface area contributed by atoms with Crippen molar-refractivity contribution >= 4 is 23.2 Å². The van der Waals surface area contributed by atoms with E-state index in [1.54, 1.807) is 18.2 Å². The van der Waals surface area contributed by atoms with E-state index in [2.05, 4.69) is 10.2 Å². The van der Waals surface area contributed by atoms with Gasteiger partial charge < -0.3 is 10.2 Å². The third-order valence-corrected chi connectivity index (χ3v) is 2.55. The normalized spacial score (nSPS) is 10.7. The Labute approximate surface area is 102 Å². The standard InChI is InChI=1S/C10H9Cl2N3O/c11-6-1-2-8(12)7(5-6)10-15-14-9(16-10)3-4-13/h1-2,5H,3-4,13H2. The lowest BCUT2D eigenvalue weighted by atomic mass is 10.2. The second-order valence-corrected chi connectivity index (χ2v) is 4.01. The molecular weight excluding hydrogens is 249 g/mol. The van der Waals surface area contributed by atoms with Crippen LogP contribution >= 0.6 is 23.2 Å². The topological polar surface area (TPSA) is 64.9 Å². The van der Waals surface area contributed by atoms with Crippen molar-refractivity contribution in [3.63, 3.8) is 0 Å². The Morgan fingerprint density at radius 3 is 2.81 bits per heavy atom. The number of halogens is 2. The quantitative estimate of drug-likeness (QED) is 0.918. The van der Waals surface area contributed by atoms with Crippen LogP contribution in [0.3, 0.4) is 0 Å². The Morgan fingerprint density at radius 2 is 2.06 bits per heavy atom. The Morgan fingerprint density at radius 1 is 1.25 bits per heavy atom. The van der Waals surface area contributed by atoms with Crippen LogP contribution in [0.5, 0.6) is 0 Å². The summed E-state index contributed by atoms with van der Waals surface area (Å²) in [5, 5.41) is 8.83. The lowest BCUT2D eigenvalue weighted by molar-refractivity contribution is 0.507. The van der Waals surface area contributed by atoms with Crippen LogP contribution in [-0.2, 0) is 6.42 Å². The van der Waals surface area contributed by atoms with Gasteiger partial charge >= 0.3 is 0 Å². The molecular formula is C10H9Cl2N3O. The van der Waals surface area contributed by atoms with Gasteiger partial charge in [-0.2, -0.15) is 0 Å². The van der Waals surface area contributed by atoms with E-state index in [-0.39, 0.29) is 0 Å². The van der Waals surface area contributed by atoms with Crippen molar-refractivity contribution in [1.29, 1.82) is 0 Å². The Balaban J connectivity index is 2.38. The highest BCUT2D eigenvalue weighted by atomic mass is 35.5. The largest absolute Gasteiger partial charge is 0.421 e. The van der Waals surface area contributed by atoms with Gasteiger partial charge in [-0.3, -0.25) is 0 Å². The minimum absolute atomic E-state index is 0.357. The number of hydrogen-bond acceptors (Lipinski definition) is 4. The van der Waals surface area contributed by atoms with Crippen LogP contribution in [0.25, 0.3) is 11.5 Å². The lowest BCUT2D eigenvalue weighted by Gasteiger charge is -1.98. The Hall–Kier alpha value is -1.10. The first-order valence-corrected chi connectivity index (χ1v) is 5.44. The summed E-state index contributed by atoms with van der Waals surface area (Å²) in [6.45, 7) is 0.463. The van der Waals surface area contributed by atoms with Crippen molar-refractivity contribution in [3.8, 4) is 11.5 Å².